The van der Waals surface area contributed by atoms with Crippen molar-refractivity contribution in [2.24, 2.45) is 10.6 Å². The smallest absolute Gasteiger partial charge is 0.239 e. The van der Waals surface area contributed by atoms with Crippen LogP contribution >= 0.6 is 11.3 Å². The highest BCUT2D eigenvalue weighted by molar-refractivity contribution is 7.89. The largest absolute Gasteiger partial charge is 0.255 e. The molecular formula is C17H16N2O2S2. The van der Waals surface area contributed by atoms with E-state index in [9.17, 15) is 8.42 Å². The van der Waals surface area contributed by atoms with Crippen molar-refractivity contribution in [2.45, 2.75) is 24.7 Å². The van der Waals surface area contributed by atoms with Gasteiger partial charge in [-0.15, -0.1) is 11.3 Å². The van der Waals surface area contributed by atoms with E-state index in [0.29, 0.717) is 0 Å². The normalized spacial score (nSPS) is 18.9. The first-order valence-corrected chi connectivity index (χ1v) is 9.80. The van der Waals surface area contributed by atoms with Crippen molar-refractivity contribution in [1.82, 2.24) is 4.98 Å². The van der Waals surface area contributed by atoms with E-state index in [1.807, 2.05) is 0 Å². The molecule has 1 saturated carbocycles. The van der Waals surface area contributed by atoms with Crippen LogP contribution in [0.15, 0.2) is 46.8 Å². The maximum Gasteiger partial charge on any atom is 0.239 e. The maximum atomic E-state index is 11.4. The van der Waals surface area contributed by atoms with Gasteiger partial charge in [0.25, 0.3) is 0 Å². The van der Waals surface area contributed by atoms with E-state index in [4.69, 9.17) is 5.14 Å². The van der Waals surface area contributed by atoms with Gasteiger partial charge in [-0.2, -0.15) is 0 Å². The lowest BCUT2D eigenvalue weighted by atomic mass is 10.0. The van der Waals surface area contributed by atoms with E-state index in [2.05, 4.69) is 35.5 Å². The molecule has 2 aliphatic rings. The Morgan fingerprint density at radius 3 is 2.48 bits per heavy atom. The van der Waals surface area contributed by atoms with E-state index in [1.165, 1.54) is 41.1 Å². The van der Waals surface area contributed by atoms with Crippen LogP contribution in [-0.2, 0) is 10.0 Å². The minimum atomic E-state index is -3.71. The minimum absolute atomic E-state index is 0.0403. The fourth-order valence-corrected chi connectivity index (χ4v) is 4.29. The second kappa shape index (κ2) is 4.87. The zero-order chi connectivity index (χ0) is 16.2. The van der Waals surface area contributed by atoms with Crippen molar-refractivity contribution < 1.29 is 8.42 Å². The van der Waals surface area contributed by atoms with E-state index in [0.717, 1.165) is 11.3 Å². The Morgan fingerprint density at radius 2 is 1.96 bits per heavy atom. The summed E-state index contributed by atoms with van der Waals surface area (Å²) in [5, 5.41) is 7.28. The lowest BCUT2D eigenvalue weighted by Crippen LogP contribution is -2.12. The van der Waals surface area contributed by atoms with Gasteiger partial charge in [-0.25, -0.2) is 13.6 Å². The van der Waals surface area contributed by atoms with Crippen LogP contribution in [0.1, 0.15) is 29.0 Å². The van der Waals surface area contributed by atoms with Crippen LogP contribution in [0.25, 0.3) is 11.1 Å². The molecule has 0 radical (unpaired) electrons. The number of nitrogens with two attached hydrogens (primary N) is 1. The zero-order valence-corrected chi connectivity index (χ0v) is 14.2. The number of aryl methyl sites for hydroxylation is 1. The Morgan fingerprint density at radius 1 is 1.22 bits per heavy atom. The molecule has 4 nitrogen and oxygen atoms in total. The molecule has 23 heavy (non-hydrogen) atoms. The Labute approximate surface area is 139 Å². The van der Waals surface area contributed by atoms with Gasteiger partial charge in [-0.3, -0.25) is 4.98 Å². The number of thiophene rings is 1. The van der Waals surface area contributed by atoms with Crippen LogP contribution in [-0.4, -0.2) is 13.4 Å². The van der Waals surface area contributed by atoms with E-state index in [-0.39, 0.29) is 10.3 Å². The van der Waals surface area contributed by atoms with Crippen molar-refractivity contribution in [2.75, 3.05) is 0 Å². The average Bonchev–Trinajstić information content (AvgIpc) is 2.93. The Balaban J connectivity index is 1.77. The van der Waals surface area contributed by atoms with Crippen LogP contribution in [0.4, 0.5) is 0 Å². The molecule has 0 amide bonds. The summed E-state index contributed by atoms with van der Waals surface area (Å²) in [4.78, 5) is 5.61. The van der Waals surface area contributed by atoms with Gasteiger partial charge >= 0.3 is 0 Å². The van der Waals surface area contributed by atoms with Crippen LogP contribution in [0.3, 0.4) is 0 Å². The number of pyridine rings is 1. The van der Waals surface area contributed by atoms with E-state index >= 15 is 0 Å². The van der Waals surface area contributed by atoms with Gasteiger partial charge in [0.2, 0.25) is 10.0 Å². The highest BCUT2D eigenvalue weighted by Crippen LogP contribution is 2.57. The summed E-state index contributed by atoms with van der Waals surface area (Å²) in [6.45, 7) is 2.09. The third kappa shape index (κ3) is 2.67. The molecule has 1 fully saturated rings. The number of aromatic nitrogens is 1. The third-order valence-electron chi connectivity index (χ3n) is 4.32. The van der Waals surface area contributed by atoms with Gasteiger partial charge in [0, 0.05) is 22.1 Å². The number of rotatable bonds is 3. The van der Waals surface area contributed by atoms with Crippen LogP contribution < -0.4 is 5.14 Å². The fraction of sp³-hybridized carbons (Fsp3) is 0.235. The number of hydrogen-bond donors (Lipinski definition) is 1. The molecule has 4 rings (SSSR count). The van der Waals surface area contributed by atoms with Gasteiger partial charge in [-0.05, 0) is 54.5 Å². The van der Waals surface area contributed by atoms with E-state index < -0.39 is 10.0 Å². The molecule has 0 bridgehead atoms. The predicted molar refractivity (Wildman–Crippen MR) is 92.3 cm³/mol. The van der Waals surface area contributed by atoms with Crippen LogP contribution in [0.2, 0.25) is 0 Å². The zero-order valence-electron chi connectivity index (χ0n) is 12.6. The van der Waals surface area contributed by atoms with Crippen molar-refractivity contribution in [3.8, 4) is 0 Å². The Bertz CT molecular complexity index is 947. The lowest BCUT2D eigenvalue weighted by molar-refractivity contribution is 0.597. The second-order valence-electron chi connectivity index (χ2n) is 6.26. The summed E-state index contributed by atoms with van der Waals surface area (Å²) >= 11 is 1.73. The molecule has 2 aliphatic carbocycles. The van der Waals surface area contributed by atoms with Gasteiger partial charge < -0.3 is 0 Å². The molecule has 118 valence electrons. The highest BCUT2D eigenvalue weighted by Gasteiger charge is 2.43. The quantitative estimate of drug-likeness (QED) is 0.928. The maximum absolute atomic E-state index is 11.4. The van der Waals surface area contributed by atoms with Crippen LogP contribution in [0.5, 0.6) is 0 Å². The van der Waals surface area contributed by atoms with Crippen LogP contribution in [0, 0.1) is 12.3 Å². The minimum Gasteiger partial charge on any atom is -0.255 e. The molecule has 2 heterocycles. The first-order valence-electron chi connectivity index (χ1n) is 7.37. The van der Waals surface area contributed by atoms with E-state index in [1.54, 1.807) is 17.4 Å². The number of hydrogen-bond acceptors (Lipinski definition) is 4. The number of primary sulfonamides is 1. The summed E-state index contributed by atoms with van der Waals surface area (Å²) < 4.78 is 22.8. The highest BCUT2D eigenvalue weighted by atomic mass is 32.2. The Hall–Kier alpha value is -1.76. The molecule has 2 aromatic rings. The fourth-order valence-electron chi connectivity index (χ4n) is 2.90. The number of nitrogens with zero attached hydrogens (tertiary/aromatic N) is 1. The van der Waals surface area contributed by atoms with Gasteiger partial charge in [0.1, 0.15) is 4.90 Å². The second-order valence-corrected chi connectivity index (χ2v) is 8.73. The monoisotopic (exact) mass is 344 g/mol. The third-order valence-corrected chi connectivity index (χ3v) is 6.30. The molecule has 2 aromatic heterocycles. The summed E-state index contributed by atoms with van der Waals surface area (Å²) in [5.74, 6) is 0. The molecular weight excluding hydrogens is 328 g/mol. The standard InChI is InChI=1S/C17H16N2O2S2/c1-11-6-16(22-10-11)14-8-17(4-5-17)7-13(14)15-3-2-12(9-19-15)23(18,20)21/h2-3,6-10H,4-5H2,1H3,(H2,18,20,21). The molecule has 0 aliphatic heterocycles. The van der Waals surface area contributed by atoms with Gasteiger partial charge in [-0.1, -0.05) is 12.2 Å². The first kappa shape index (κ1) is 14.8. The SMILES string of the molecule is Cc1csc(C2=CC3(C=C2c2ccc(S(N)(=O)=O)cn2)CC3)c1. The van der Waals surface area contributed by atoms with Crippen molar-refractivity contribution >= 4 is 32.5 Å². The first-order chi connectivity index (χ1) is 10.9. The summed E-state index contributed by atoms with van der Waals surface area (Å²) in [7, 11) is -3.71. The molecule has 0 aromatic carbocycles. The predicted octanol–water partition coefficient (Wildman–Crippen LogP) is 3.36. The summed E-state index contributed by atoms with van der Waals surface area (Å²) in [6, 6.07) is 5.44. The average molecular weight is 344 g/mol. The van der Waals surface area contributed by atoms with Gasteiger partial charge in [0.15, 0.2) is 0 Å². The molecule has 0 unspecified atom stereocenters. The molecule has 2 N–H and O–H groups in total. The van der Waals surface area contributed by atoms with Gasteiger partial charge in [0.05, 0.1) is 5.69 Å². The summed E-state index contributed by atoms with van der Waals surface area (Å²) in [5.41, 5.74) is 4.52. The molecule has 0 saturated heterocycles. The molecule has 0 atom stereocenters. The Kier molecular flexibility index (Phi) is 3.13. The van der Waals surface area contributed by atoms with Crippen molar-refractivity contribution in [3.63, 3.8) is 0 Å². The number of allylic oxidation sites excluding steroid dienone is 4. The number of sulfonamides is 1. The lowest BCUT2D eigenvalue weighted by Gasteiger charge is -2.07. The molecule has 1 spiro atoms. The summed E-state index contributed by atoms with van der Waals surface area (Å²) in [6.07, 6.45) is 8.28. The van der Waals surface area contributed by atoms with Crippen molar-refractivity contribution in [3.05, 3.63) is 58.1 Å². The topological polar surface area (TPSA) is 73.1 Å². The molecule has 6 heteroatoms. The van der Waals surface area contributed by atoms with Crippen molar-refractivity contribution in [1.29, 1.82) is 0 Å².